The second kappa shape index (κ2) is 7.39. The number of primary amides is 1. The van der Waals surface area contributed by atoms with Gasteiger partial charge in [-0.25, -0.2) is 13.2 Å². The van der Waals surface area contributed by atoms with Gasteiger partial charge in [-0.2, -0.15) is 0 Å². The summed E-state index contributed by atoms with van der Waals surface area (Å²) < 4.78 is 41.6. The number of halogens is 3. The summed E-state index contributed by atoms with van der Waals surface area (Å²) in [5.41, 5.74) is 9.42. The van der Waals surface area contributed by atoms with Crippen LogP contribution in [0.2, 0.25) is 0 Å². The number of aryl methyl sites for hydroxylation is 1. The molecule has 1 aromatic carbocycles. The topological polar surface area (TPSA) is 86.2 Å². The summed E-state index contributed by atoms with van der Waals surface area (Å²) in [4.78, 5) is 23.2. The highest BCUT2D eigenvalue weighted by Gasteiger charge is 2.45. The fourth-order valence-electron chi connectivity index (χ4n) is 4.97. The first-order chi connectivity index (χ1) is 12.3. The van der Waals surface area contributed by atoms with Crippen molar-refractivity contribution in [2.75, 3.05) is 6.54 Å². The van der Waals surface area contributed by atoms with E-state index in [4.69, 9.17) is 11.5 Å². The molecule has 0 aliphatic heterocycles. The van der Waals surface area contributed by atoms with E-state index in [0.717, 1.165) is 31.7 Å². The Morgan fingerprint density at radius 3 is 2.23 bits per heavy atom. The van der Waals surface area contributed by atoms with Crippen LogP contribution in [-0.4, -0.2) is 18.2 Å². The van der Waals surface area contributed by atoms with Crippen LogP contribution < -0.4 is 11.5 Å². The number of rotatable bonds is 6. The summed E-state index contributed by atoms with van der Waals surface area (Å²) in [5, 5.41) is 0. The van der Waals surface area contributed by atoms with E-state index in [1.54, 1.807) is 0 Å². The van der Waals surface area contributed by atoms with Crippen LogP contribution in [0.4, 0.5) is 13.2 Å². The Labute approximate surface area is 150 Å². The molecule has 0 heterocycles. The number of carbonyl (C=O) groups is 2. The number of benzene rings is 1. The van der Waals surface area contributed by atoms with Crippen molar-refractivity contribution in [1.29, 1.82) is 0 Å². The smallest absolute Gasteiger partial charge is 0.254 e. The highest BCUT2D eigenvalue weighted by atomic mass is 19.2. The summed E-state index contributed by atoms with van der Waals surface area (Å²) in [6, 6.07) is 0.801. The summed E-state index contributed by atoms with van der Waals surface area (Å²) in [6.45, 7) is 0.0678. The van der Waals surface area contributed by atoms with Crippen LogP contribution >= 0.6 is 0 Å². The fraction of sp³-hybridized carbons (Fsp3) is 0.579. The number of ketones is 1. The molecule has 4 atom stereocenters. The first kappa shape index (κ1) is 18.9. The molecular weight excluding hydrogens is 345 g/mol. The number of nitrogens with two attached hydrogens (primary N) is 2. The number of hydrogen-bond acceptors (Lipinski definition) is 3. The minimum Gasteiger partial charge on any atom is -0.365 e. The molecule has 4 N–H and O–H groups in total. The Balaban J connectivity index is 1.70. The van der Waals surface area contributed by atoms with Crippen LogP contribution in [0, 0.1) is 41.1 Å². The lowest BCUT2D eigenvalue weighted by Crippen LogP contribution is -2.35. The maximum absolute atomic E-state index is 14.3. The molecule has 2 aliphatic carbocycles. The molecule has 142 valence electrons. The zero-order valence-corrected chi connectivity index (χ0v) is 14.4. The normalized spacial score (nSPS) is 27.5. The molecule has 2 unspecified atom stereocenters. The van der Waals surface area contributed by atoms with Crippen molar-refractivity contribution in [2.24, 2.45) is 35.1 Å². The molecule has 0 radical (unpaired) electrons. The van der Waals surface area contributed by atoms with E-state index in [1.807, 2.05) is 0 Å². The van der Waals surface area contributed by atoms with Gasteiger partial charge in [-0.05, 0) is 67.9 Å². The van der Waals surface area contributed by atoms with Crippen LogP contribution in [0.15, 0.2) is 6.07 Å². The summed E-state index contributed by atoms with van der Waals surface area (Å²) in [5.74, 6) is -4.14. The maximum Gasteiger partial charge on any atom is 0.254 e. The van der Waals surface area contributed by atoms with Crippen molar-refractivity contribution in [2.45, 2.75) is 38.5 Å². The first-order valence-corrected chi connectivity index (χ1v) is 9.02. The van der Waals surface area contributed by atoms with Crippen molar-refractivity contribution < 1.29 is 22.8 Å². The third kappa shape index (κ3) is 3.37. The molecule has 0 spiro atoms. The van der Waals surface area contributed by atoms with Crippen molar-refractivity contribution in [3.05, 3.63) is 34.6 Å². The number of hydrogen-bond donors (Lipinski definition) is 2. The highest BCUT2D eigenvalue weighted by Crippen LogP contribution is 2.50. The number of carbonyl (C=O) groups excluding carboxylic acids is 2. The molecular formula is C19H23F3N2O2. The first-order valence-electron chi connectivity index (χ1n) is 9.02. The van der Waals surface area contributed by atoms with E-state index < -0.39 is 28.9 Å². The highest BCUT2D eigenvalue weighted by molar-refractivity contribution is 5.93. The molecule has 2 saturated carbocycles. The van der Waals surface area contributed by atoms with Gasteiger partial charge >= 0.3 is 0 Å². The SMILES string of the molecule is NCC(=O)C1[C@@H]2CC[C@H]1CC(CCc1cc(F)c(F)c(C(N)=O)c1F)C2. The van der Waals surface area contributed by atoms with E-state index in [2.05, 4.69) is 0 Å². The lowest BCUT2D eigenvalue weighted by atomic mass is 9.70. The van der Waals surface area contributed by atoms with Crippen LogP contribution in [0.5, 0.6) is 0 Å². The maximum atomic E-state index is 14.3. The monoisotopic (exact) mass is 368 g/mol. The van der Waals surface area contributed by atoms with E-state index >= 15 is 0 Å². The third-order valence-corrected chi connectivity index (χ3v) is 6.07. The fourth-order valence-corrected chi connectivity index (χ4v) is 4.97. The molecule has 1 amide bonds. The minimum atomic E-state index is -1.54. The van der Waals surface area contributed by atoms with Gasteiger partial charge in [0, 0.05) is 5.92 Å². The summed E-state index contributed by atoms with van der Waals surface area (Å²) in [6.07, 6.45) is 4.52. The van der Waals surface area contributed by atoms with Crippen LogP contribution in [0.25, 0.3) is 0 Å². The molecule has 7 heteroatoms. The molecule has 3 rings (SSSR count). The van der Waals surface area contributed by atoms with Gasteiger partial charge in [0.2, 0.25) is 0 Å². The zero-order chi connectivity index (χ0) is 19.0. The van der Waals surface area contributed by atoms with E-state index in [-0.39, 0.29) is 30.2 Å². The molecule has 2 aliphatic rings. The Kier molecular flexibility index (Phi) is 5.37. The van der Waals surface area contributed by atoms with Crippen molar-refractivity contribution >= 4 is 11.7 Å². The number of fused-ring (bicyclic) bond motifs is 2. The average molecular weight is 368 g/mol. The van der Waals surface area contributed by atoms with Gasteiger partial charge in [0.1, 0.15) is 17.2 Å². The quantitative estimate of drug-likeness (QED) is 0.757. The molecule has 4 nitrogen and oxygen atoms in total. The van der Waals surface area contributed by atoms with Gasteiger partial charge in [-0.1, -0.05) is 0 Å². The Morgan fingerprint density at radius 1 is 1.08 bits per heavy atom. The van der Waals surface area contributed by atoms with Gasteiger partial charge in [0.05, 0.1) is 6.54 Å². The predicted octanol–water partition coefficient (Wildman–Crippen LogP) is 2.72. The average Bonchev–Trinajstić information content (AvgIpc) is 2.86. The van der Waals surface area contributed by atoms with Crippen LogP contribution in [-0.2, 0) is 11.2 Å². The Hall–Kier alpha value is -1.89. The van der Waals surface area contributed by atoms with Gasteiger partial charge in [-0.15, -0.1) is 0 Å². The second-order valence-corrected chi connectivity index (χ2v) is 7.55. The minimum absolute atomic E-state index is 0.0368. The standard InChI is InChI=1S/C19H23F3N2O2/c20-13-7-12(17(21)16(18(13)22)19(24)26)2-1-9-5-10-3-4-11(6-9)15(10)14(25)8-23/h7,9-11,15H,1-6,8,23H2,(H2,24,26)/t9?,10-,11+,15?. The summed E-state index contributed by atoms with van der Waals surface area (Å²) in [7, 11) is 0. The number of amides is 1. The van der Waals surface area contributed by atoms with Crippen LogP contribution in [0.1, 0.15) is 48.0 Å². The Morgan fingerprint density at radius 2 is 1.69 bits per heavy atom. The van der Waals surface area contributed by atoms with Crippen molar-refractivity contribution in [3.8, 4) is 0 Å². The van der Waals surface area contributed by atoms with E-state index in [0.29, 0.717) is 24.2 Å². The van der Waals surface area contributed by atoms with Crippen LogP contribution in [0.3, 0.4) is 0 Å². The molecule has 2 bridgehead atoms. The van der Waals surface area contributed by atoms with Crippen molar-refractivity contribution in [3.63, 3.8) is 0 Å². The molecule has 26 heavy (non-hydrogen) atoms. The molecule has 0 aromatic heterocycles. The van der Waals surface area contributed by atoms with Crippen molar-refractivity contribution in [1.82, 2.24) is 0 Å². The lowest BCUT2D eigenvalue weighted by Gasteiger charge is -2.34. The van der Waals surface area contributed by atoms with E-state index in [1.165, 1.54) is 0 Å². The lowest BCUT2D eigenvalue weighted by molar-refractivity contribution is -0.125. The van der Waals surface area contributed by atoms with Gasteiger partial charge in [0.25, 0.3) is 5.91 Å². The molecule has 1 aromatic rings. The second-order valence-electron chi connectivity index (χ2n) is 7.55. The third-order valence-electron chi connectivity index (χ3n) is 6.07. The van der Waals surface area contributed by atoms with E-state index in [9.17, 15) is 22.8 Å². The van der Waals surface area contributed by atoms with Gasteiger partial charge in [-0.3, -0.25) is 9.59 Å². The number of Topliss-reactive ketones (excluding diaryl/α,β-unsaturated/α-hetero) is 1. The van der Waals surface area contributed by atoms with Gasteiger partial charge in [0.15, 0.2) is 11.6 Å². The largest absolute Gasteiger partial charge is 0.365 e. The zero-order valence-electron chi connectivity index (χ0n) is 14.4. The molecule has 0 saturated heterocycles. The van der Waals surface area contributed by atoms with Gasteiger partial charge < -0.3 is 11.5 Å². The summed E-state index contributed by atoms with van der Waals surface area (Å²) >= 11 is 0. The Bertz CT molecular complexity index is 724. The molecule has 2 fully saturated rings. The predicted molar refractivity (Wildman–Crippen MR) is 89.6 cm³/mol.